The van der Waals surface area contributed by atoms with Gasteiger partial charge in [-0.2, -0.15) is 0 Å². The molecule has 1 aliphatic rings. The van der Waals surface area contributed by atoms with Crippen LogP contribution in [-0.4, -0.2) is 22.0 Å². The number of hydrogen-bond donors (Lipinski definition) is 2. The molecule has 0 aliphatic carbocycles. The molecule has 5 heteroatoms. The number of amides is 1. The van der Waals surface area contributed by atoms with Crippen LogP contribution in [-0.2, 0) is 30.7 Å². The fourth-order valence-electron chi connectivity index (χ4n) is 2.43. The van der Waals surface area contributed by atoms with Crippen molar-refractivity contribution in [2.75, 3.05) is 6.54 Å². The third kappa shape index (κ3) is 2.90. The molecule has 3 N–H and O–H groups in total. The minimum atomic E-state index is -0.248. The zero-order valence-electron chi connectivity index (χ0n) is 11.2. The fourth-order valence-corrected chi connectivity index (χ4v) is 2.43. The molecule has 0 saturated heterocycles. The maximum atomic E-state index is 11.0. The Balaban J connectivity index is 2.26. The quantitative estimate of drug-likeness (QED) is 0.804. The fraction of sp³-hybridized carbons (Fsp3) is 0.692. The van der Waals surface area contributed by atoms with Crippen molar-refractivity contribution < 1.29 is 4.79 Å². The van der Waals surface area contributed by atoms with E-state index in [1.807, 2.05) is 0 Å². The van der Waals surface area contributed by atoms with Crippen LogP contribution in [0.2, 0.25) is 0 Å². The van der Waals surface area contributed by atoms with Crippen LogP contribution in [0.3, 0.4) is 0 Å². The first-order valence-corrected chi connectivity index (χ1v) is 6.64. The minimum Gasteiger partial charge on any atom is -0.370 e. The Bertz CT molecular complexity index is 436. The maximum Gasteiger partial charge on any atom is 0.219 e. The lowest BCUT2D eigenvalue weighted by Crippen LogP contribution is -2.25. The summed E-state index contributed by atoms with van der Waals surface area (Å²) in [6.07, 6.45) is 2.33. The number of nitrogens with one attached hydrogen (secondary N) is 1. The number of hydrogen-bond acceptors (Lipinski definition) is 3. The van der Waals surface area contributed by atoms with Gasteiger partial charge in [-0.15, -0.1) is 0 Å². The van der Waals surface area contributed by atoms with Gasteiger partial charge in [-0.3, -0.25) is 4.79 Å². The number of rotatable bonds is 5. The van der Waals surface area contributed by atoms with Crippen LogP contribution in [0, 0.1) is 5.92 Å². The van der Waals surface area contributed by atoms with Crippen LogP contribution < -0.4 is 11.1 Å². The summed E-state index contributed by atoms with van der Waals surface area (Å²) in [5, 5.41) is 3.33. The third-order valence-corrected chi connectivity index (χ3v) is 3.24. The van der Waals surface area contributed by atoms with Crippen LogP contribution in [0.4, 0.5) is 0 Å². The summed E-state index contributed by atoms with van der Waals surface area (Å²) in [7, 11) is 0. The summed E-state index contributed by atoms with van der Waals surface area (Å²) >= 11 is 0. The topological polar surface area (TPSA) is 72.9 Å². The van der Waals surface area contributed by atoms with Crippen LogP contribution in [0.1, 0.15) is 37.5 Å². The van der Waals surface area contributed by atoms with Gasteiger partial charge in [0.05, 0.1) is 5.69 Å². The lowest BCUT2D eigenvalue weighted by molar-refractivity contribution is -0.118. The molecule has 0 aromatic carbocycles. The van der Waals surface area contributed by atoms with Crippen molar-refractivity contribution in [2.45, 2.75) is 46.2 Å². The summed E-state index contributed by atoms with van der Waals surface area (Å²) in [6.45, 7) is 6.86. The van der Waals surface area contributed by atoms with E-state index < -0.39 is 0 Å². The third-order valence-electron chi connectivity index (χ3n) is 3.24. The van der Waals surface area contributed by atoms with E-state index in [9.17, 15) is 4.79 Å². The normalized spacial score (nSPS) is 14.8. The first-order chi connectivity index (χ1) is 8.58. The molecule has 1 amide bonds. The van der Waals surface area contributed by atoms with Gasteiger partial charge in [-0.05, 0) is 5.92 Å². The second-order valence-corrected chi connectivity index (χ2v) is 5.31. The minimum absolute atomic E-state index is 0.248. The molecule has 1 aromatic rings. The highest BCUT2D eigenvalue weighted by Gasteiger charge is 2.20. The maximum absolute atomic E-state index is 11.0. The van der Waals surface area contributed by atoms with E-state index in [4.69, 9.17) is 10.7 Å². The number of imidazole rings is 1. The summed E-state index contributed by atoms with van der Waals surface area (Å²) in [6, 6.07) is 0. The van der Waals surface area contributed by atoms with Crippen molar-refractivity contribution >= 4 is 5.91 Å². The Kier molecular flexibility index (Phi) is 4.01. The Morgan fingerprint density at radius 3 is 3.00 bits per heavy atom. The number of carbonyl (C=O) groups excluding carboxylic acids is 1. The van der Waals surface area contributed by atoms with Crippen LogP contribution in [0.5, 0.6) is 0 Å². The molecular formula is C13H22N4O. The monoisotopic (exact) mass is 250 g/mol. The highest BCUT2D eigenvalue weighted by molar-refractivity contribution is 5.73. The van der Waals surface area contributed by atoms with Crippen molar-refractivity contribution in [1.82, 2.24) is 14.9 Å². The van der Waals surface area contributed by atoms with E-state index in [1.165, 1.54) is 5.69 Å². The summed E-state index contributed by atoms with van der Waals surface area (Å²) in [4.78, 5) is 15.7. The van der Waals surface area contributed by atoms with Gasteiger partial charge >= 0.3 is 0 Å². The predicted molar refractivity (Wildman–Crippen MR) is 70.0 cm³/mol. The molecule has 0 unspecified atom stereocenters. The van der Waals surface area contributed by atoms with Gasteiger partial charge in [0.2, 0.25) is 5.91 Å². The molecule has 0 saturated carbocycles. The van der Waals surface area contributed by atoms with Gasteiger partial charge < -0.3 is 15.6 Å². The summed E-state index contributed by atoms with van der Waals surface area (Å²) in [5.74, 6) is 1.41. The average molecular weight is 250 g/mol. The standard InChI is InChI=1S/C13H22N4O/c1-9(2)7-13-16-10-8-15-5-3-11(10)17(13)6-4-12(14)18/h9,15H,3-8H2,1-2H3,(H2,14,18). The van der Waals surface area contributed by atoms with Gasteiger partial charge in [0.15, 0.2) is 0 Å². The number of primary amides is 1. The lowest BCUT2D eigenvalue weighted by atomic mass is 10.1. The number of nitrogens with zero attached hydrogens (tertiary/aromatic N) is 2. The molecule has 0 radical (unpaired) electrons. The molecule has 0 spiro atoms. The SMILES string of the molecule is CC(C)Cc1nc2c(n1CCC(N)=O)CCNC2. The summed E-state index contributed by atoms with van der Waals surface area (Å²) in [5.41, 5.74) is 7.67. The smallest absolute Gasteiger partial charge is 0.219 e. The van der Waals surface area contributed by atoms with Crippen LogP contribution in [0.25, 0.3) is 0 Å². The molecule has 100 valence electrons. The molecule has 0 atom stereocenters. The van der Waals surface area contributed by atoms with Crippen LogP contribution >= 0.6 is 0 Å². The summed E-state index contributed by atoms with van der Waals surface area (Å²) < 4.78 is 2.21. The van der Waals surface area contributed by atoms with E-state index >= 15 is 0 Å². The van der Waals surface area contributed by atoms with Crippen molar-refractivity contribution in [1.29, 1.82) is 0 Å². The molecule has 0 fully saturated rings. The first-order valence-electron chi connectivity index (χ1n) is 6.64. The zero-order valence-corrected chi connectivity index (χ0v) is 11.2. The van der Waals surface area contributed by atoms with Gasteiger partial charge in [0.1, 0.15) is 5.82 Å². The molecule has 2 rings (SSSR count). The van der Waals surface area contributed by atoms with E-state index in [2.05, 4.69) is 23.7 Å². The number of carbonyl (C=O) groups is 1. The molecule has 1 aliphatic heterocycles. The number of aromatic nitrogens is 2. The van der Waals surface area contributed by atoms with Gasteiger partial charge in [0, 0.05) is 44.6 Å². The molecule has 2 heterocycles. The Morgan fingerprint density at radius 2 is 2.33 bits per heavy atom. The van der Waals surface area contributed by atoms with E-state index in [1.54, 1.807) is 0 Å². The highest BCUT2D eigenvalue weighted by Crippen LogP contribution is 2.19. The molecular weight excluding hydrogens is 228 g/mol. The van der Waals surface area contributed by atoms with Crippen molar-refractivity contribution in [2.24, 2.45) is 11.7 Å². The van der Waals surface area contributed by atoms with Crippen molar-refractivity contribution in [3.8, 4) is 0 Å². The zero-order chi connectivity index (χ0) is 13.1. The van der Waals surface area contributed by atoms with E-state index in [0.717, 1.165) is 37.4 Å². The Morgan fingerprint density at radius 1 is 1.56 bits per heavy atom. The van der Waals surface area contributed by atoms with Gasteiger partial charge in [-0.1, -0.05) is 13.8 Å². The molecule has 0 bridgehead atoms. The lowest BCUT2D eigenvalue weighted by Gasteiger charge is -2.16. The van der Waals surface area contributed by atoms with E-state index in [0.29, 0.717) is 18.9 Å². The predicted octanol–water partition coefficient (Wildman–Crippen LogP) is 0.603. The number of fused-ring (bicyclic) bond motifs is 1. The van der Waals surface area contributed by atoms with Gasteiger partial charge in [-0.25, -0.2) is 4.98 Å². The molecule has 1 aromatic heterocycles. The largest absolute Gasteiger partial charge is 0.370 e. The Hall–Kier alpha value is -1.36. The second kappa shape index (κ2) is 5.52. The van der Waals surface area contributed by atoms with Crippen LogP contribution in [0.15, 0.2) is 0 Å². The molecule has 18 heavy (non-hydrogen) atoms. The first kappa shape index (κ1) is 13.1. The highest BCUT2D eigenvalue weighted by atomic mass is 16.1. The van der Waals surface area contributed by atoms with Crippen molar-refractivity contribution in [3.63, 3.8) is 0 Å². The number of nitrogens with two attached hydrogens (primary N) is 1. The average Bonchev–Trinajstić information content (AvgIpc) is 2.62. The Labute approximate surface area is 108 Å². The van der Waals surface area contributed by atoms with Gasteiger partial charge in [0.25, 0.3) is 0 Å². The van der Waals surface area contributed by atoms with E-state index in [-0.39, 0.29) is 5.91 Å². The van der Waals surface area contributed by atoms with Crippen molar-refractivity contribution in [3.05, 3.63) is 17.2 Å². The second-order valence-electron chi connectivity index (χ2n) is 5.31. The molecule has 5 nitrogen and oxygen atoms in total.